The molecule has 0 saturated heterocycles. The van der Waals surface area contributed by atoms with Gasteiger partial charge in [0, 0.05) is 13.0 Å². The van der Waals surface area contributed by atoms with Gasteiger partial charge in [0.05, 0.1) is 0 Å². The fraction of sp³-hybridized carbons (Fsp3) is 0.500. The summed E-state index contributed by atoms with van der Waals surface area (Å²) < 4.78 is 5.46. The zero-order chi connectivity index (χ0) is 9.73. The number of carbonyl (C=O) groups is 1. The van der Waals surface area contributed by atoms with Gasteiger partial charge < -0.3 is 4.74 Å². The Labute approximate surface area is 83.2 Å². The predicted molar refractivity (Wildman–Crippen MR) is 52.7 cm³/mol. The molecule has 0 heterocycles. The van der Waals surface area contributed by atoms with Crippen LogP contribution in [0.25, 0.3) is 0 Å². The summed E-state index contributed by atoms with van der Waals surface area (Å²) in [6.07, 6.45) is 8.69. The van der Waals surface area contributed by atoms with Crippen LogP contribution in [-0.4, -0.2) is 17.5 Å². The Kier molecular flexibility index (Phi) is 3.70. The largest absolute Gasteiger partial charge is 0.361 e. The van der Waals surface area contributed by atoms with Gasteiger partial charge in [0.1, 0.15) is 0 Å². The summed E-state index contributed by atoms with van der Waals surface area (Å²) in [7, 11) is 0. The summed E-state index contributed by atoms with van der Waals surface area (Å²) in [5.74, 6) is 0. The molecular formula is C10H13ClO2. The van der Waals surface area contributed by atoms with Gasteiger partial charge in [0.25, 0.3) is 5.24 Å². The van der Waals surface area contributed by atoms with Gasteiger partial charge in [-0.25, -0.2) is 0 Å². The van der Waals surface area contributed by atoms with Crippen LogP contribution in [0.5, 0.6) is 0 Å². The third-order valence-electron chi connectivity index (χ3n) is 1.93. The second-order valence-corrected chi connectivity index (χ2v) is 3.35. The standard InChI is InChI=1S/C10H13ClO2/c1-2-8-13-10(9(11)12)6-4-3-5-7-10/h3-6H,2,7-8H2,1H3. The van der Waals surface area contributed by atoms with E-state index in [4.69, 9.17) is 16.3 Å². The van der Waals surface area contributed by atoms with E-state index in [2.05, 4.69) is 0 Å². The molecule has 0 fully saturated rings. The first-order chi connectivity index (χ1) is 6.21. The highest BCUT2D eigenvalue weighted by Gasteiger charge is 2.35. The van der Waals surface area contributed by atoms with Crippen molar-refractivity contribution >= 4 is 16.8 Å². The van der Waals surface area contributed by atoms with Gasteiger partial charge in [-0.3, -0.25) is 4.79 Å². The molecule has 0 aromatic heterocycles. The molecular weight excluding hydrogens is 188 g/mol. The zero-order valence-corrected chi connectivity index (χ0v) is 8.38. The van der Waals surface area contributed by atoms with Gasteiger partial charge in [-0.05, 0) is 24.1 Å². The first-order valence-corrected chi connectivity index (χ1v) is 4.77. The molecule has 0 spiro atoms. The van der Waals surface area contributed by atoms with Crippen molar-refractivity contribution in [2.45, 2.75) is 25.4 Å². The molecule has 1 aliphatic rings. The van der Waals surface area contributed by atoms with E-state index < -0.39 is 10.8 Å². The minimum atomic E-state index is -0.910. The Balaban J connectivity index is 2.70. The second-order valence-electron chi connectivity index (χ2n) is 3.00. The molecule has 0 aliphatic heterocycles. The van der Waals surface area contributed by atoms with Crippen LogP contribution in [-0.2, 0) is 9.53 Å². The molecule has 2 nitrogen and oxygen atoms in total. The second kappa shape index (κ2) is 4.58. The van der Waals surface area contributed by atoms with Gasteiger partial charge in [-0.15, -0.1) is 0 Å². The topological polar surface area (TPSA) is 26.3 Å². The first kappa shape index (κ1) is 10.5. The molecule has 0 radical (unpaired) electrons. The van der Waals surface area contributed by atoms with Crippen molar-refractivity contribution in [3.05, 3.63) is 24.3 Å². The normalized spacial score (nSPS) is 26.3. The van der Waals surface area contributed by atoms with E-state index in [1.54, 1.807) is 12.2 Å². The van der Waals surface area contributed by atoms with Crippen LogP contribution < -0.4 is 0 Å². The molecule has 0 N–H and O–H groups in total. The summed E-state index contributed by atoms with van der Waals surface area (Å²) in [5, 5.41) is -0.443. The van der Waals surface area contributed by atoms with Gasteiger partial charge >= 0.3 is 0 Å². The maximum absolute atomic E-state index is 11.2. The third kappa shape index (κ3) is 2.42. The minimum Gasteiger partial charge on any atom is -0.361 e. The molecule has 1 aliphatic carbocycles. The average molecular weight is 201 g/mol. The van der Waals surface area contributed by atoms with Crippen molar-refractivity contribution in [1.82, 2.24) is 0 Å². The van der Waals surface area contributed by atoms with E-state index in [0.29, 0.717) is 13.0 Å². The third-order valence-corrected chi connectivity index (χ3v) is 2.25. The average Bonchev–Trinajstić information content (AvgIpc) is 2.16. The Hall–Kier alpha value is -0.600. The van der Waals surface area contributed by atoms with Crippen molar-refractivity contribution in [3.8, 4) is 0 Å². The Morgan fingerprint density at radius 1 is 1.62 bits per heavy atom. The van der Waals surface area contributed by atoms with E-state index in [0.717, 1.165) is 6.42 Å². The molecule has 72 valence electrons. The number of hydrogen-bond donors (Lipinski definition) is 0. The Morgan fingerprint density at radius 3 is 2.85 bits per heavy atom. The van der Waals surface area contributed by atoms with Crippen LogP contribution in [0.1, 0.15) is 19.8 Å². The molecule has 0 amide bonds. The highest BCUT2D eigenvalue weighted by Crippen LogP contribution is 2.25. The van der Waals surface area contributed by atoms with Gasteiger partial charge in [-0.2, -0.15) is 0 Å². The quantitative estimate of drug-likeness (QED) is 0.652. The number of carbonyl (C=O) groups excluding carboxylic acids is 1. The number of allylic oxidation sites excluding steroid dienone is 2. The number of rotatable bonds is 4. The lowest BCUT2D eigenvalue weighted by Crippen LogP contribution is -2.37. The van der Waals surface area contributed by atoms with Crippen LogP contribution in [0.4, 0.5) is 0 Å². The van der Waals surface area contributed by atoms with Crippen molar-refractivity contribution in [1.29, 1.82) is 0 Å². The zero-order valence-electron chi connectivity index (χ0n) is 7.63. The Morgan fingerprint density at radius 2 is 2.38 bits per heavy atom. The fourth-order valence-corrected chi connectivity index (χ4v) is 1.39. The molecule has 1 rings (SSSR count). The highest BCUT2D eigenvalue weighted by atomic mass is 35.5. The van der Waals surface area contributed by atoms with E-state index in [1.165, 1.54) is 0 Å². The van der Waals surface area contributed by atoms with E-state index in [-0.39, 0.29) is 0 Å². The van der Waals surface area contributed by atoms with Crippen molar-refractivity contribution in [2.24, 2.45) is 0 Å². The minimum absolute atomic E-state index is 0.443. The van der Waals surface area contributed by atoms with E-state index in [1.807, 2.05) is 19.1 Å². The number of halogens is 1. The van der Waals surface area contributed by atoms with Crippen LogP contribution in [0, 0.1) is 0 Å². The van der Waals surface area contributed by atoms with Crippen molar-refractivity contribution in [3.63, 3.8) is 0 Å². The van der Waals surface area contributed by atoms with Gasteiger partial charge in [-0.1, -0.05) is 25.2 Å². The van der Waals surface area contributed by atoms with Crippen molar-refractivity contribution < 1.29 is 9.53 Å². The smallest absolute Gasteiger partial charge is 0.257 e. The Bertz CT molecular complexity index is 245. The lowest BCUT2D eigenvalue weighted by Gasteiger charge is -2.27. The van der Waals surface area contributed by atoms with E-state index in [9.17, 15) is 4.79 Å². The van der Waals surface area contributed by atoms with Crippen LogP contribution in [0.15, 0.2) is 24.3 Å². The maximum Gasteiger partial charge on any atom is 0.257 e. The maximum atomic E-state index is 11.2. The summed E-state index contributed by atoms with van der Waals surface area (Å²) in [6.45, 7) is 2.55. The molecule has 0 aromatic rings. The summed E-state index contributed by atoms with van der Waals surface area (Å²) in [5.41, 5.74) is -0.910. The molecule has 13 heavy (non-hydrogen) atoms. The fourth-order valence-electron chi connectivity index (χ4n) is 1.19. The summed E-state index contributed by atoms with van der Waals surface area (Å²) in [4.78, 5) is 11.2. The molecule has 0 bridgehead atoms. The molecule has 0 saturated carbocycles. The van der Waals surface area contributed by atoms with Gasteiger partial charge in [0.15, 0.2) is 5.60 Å². The van der Waals surface area contributed by atoms with E-state index >= 15 is 0 Å². The summed E-state index contributed by atoms with van der Waals surface area (Å²) in [6, 6.07) is 0. The summed E-state index contributed by atoms with van der Waals surface area (Å²) >= 11 is 5.50. The van der Waals surface area contributed by atoms with Gasteiger partial charge in [0.2, 0.25) is 0 Å². The number of hydrogen-bond acceptors (Lipinski definition) is 2. The first-order valence-electron chi connectivity index (χ1n) is 4.39. The molecule has 3 heteroatoms. The lowest BCUT2D eigenvalue weighted by molar-refractivity contribution is -0.129. The van der Waals surface area contributed by atoms with Crippen LogP contribution in [0.3, 0.4) is 0 Å². The highest BCUT2D eigenvalue weighted by molar-refractivity contribution is 6.65. The molecule has 1 atom stereocenters. The molecule has 1 unspecified atom stereocenters. The van der Waals surface area contributed by atoms with Crippen LogP contribution in [0.2, 0.25) is 0 Å². The van der Waals surface area contributed by atoms with Crippen LogP contribution >= 0.6 is 11.6 Å². The SMILES string of the molecule is CCCOC1(C(=O)Cl)C=CC=CC1. The van der Waals surface area contributed by atoms with Crippen molar-refractivity contribution in [2.75, 3.05) is 6.61 Å². The lowest BCUT2D eigenvalue weighted by atomic mass is 9.96. The predicted octanol–water partition coefficient (Wildman–Crippen LogP) is 2.43. The number of ether oxygens (including phenoxy) is 1. The molecule has 0 aromatic carbocycles. The monoisotopic (exact) mass is 200 g/mol.